The largest absolute Gasteiger partial charge is 0.0851 e. The van der Waals surface area contributed by atoms with Crippen LogP contribution in [0.1, 0.15) is 65.2 Å². The van der Waals surface area contributed by atoms with Gasteiger partial charge in [0.05, 0.1) is 0 Å². The van der Waals surface area contributed by atoms with E-state index in [0.717, 1.165) is 5.92 Å². The maximum absolute atomic E-state index is 2.52. The Labute approximate surface area is 83.4 Å². The summed E-state index contributed by atoms with van der Waals surface area (Å²) in [4.78, 5) is 0. The number of hydrogen-bond donors (Lipinski definition) is 0. The van der Waals surface area contributed by atoms with Gasteiger partial charge < -0.3 is 0 Å². The molecule has 0 saturated heterocycles. The van der Waals surface area contributed by atoms with Gasteiger partial charge in [0.2, 0.25) is 0 Å². The lowest BCUT2D eigenvalue weighted by Crippen LogP contribution is -1.96. The van der Waals surface area contributed by atoms with Crippen LogP contribution in [0.5, 0.6) is 0 Å². The normalized spacial score (nSPS) is 25.7. The first-order valence-corrected chi connectivity index (χ1v) is 6.07. The Balaban J connectivity index is 2.34. The molecule has 0 amide bonds. The lowest BCUT2D eigenvalue weighted by atomic mass is 9.95. The molecular weight excluding hydrogens is 156 g/mol. The Hall–Kier alpha value is -0.260. The van der Waals surface area contributed by atoms with Crippen LogP contribution in [0.15, 0.2) is 11.6 Å². The van der Waals surface area contributed by atoms with Crippen molar-refractivity contribution in [2.24, 2.45) is 5.92 Å². The Bertz CT molecular complexity index is 155. The van der Waals surface area contributed by atoms with Crippen molar-refractivity contribution in [1.82, 2.24) is 0 Å². The second kappa shape index (κ2) is 6.23. The van der Waals surface area contributed by atoms with E-state index >= 15 is 0 Å². The fourth-order valence-corrected chi connectivity index (χ4v) is 2.32. The zero-order valence-corrected chi connectivity index (χ0v) is 9.31. The van der Waals surface area contributed by atoms with Gasteiger partial charge in [-0.2, -0.15) is 0 Å². The molecule has 0 nitrogen and oxygen atoms in total. The minimum Gasteiger partial charge on any atom is -0.0851 e. The zero-order chi connectivity index (χ0) is 9.52. The first-order chi connectivity index (χ1) is 6.38. The summed E-state index contributed by atoms with van der Waals surface area (Å²) >= 11 is 0. The van der Waals surface area contributed by atoms with Crippen LogP contribution in [0.4, 0.5) is 0 Å². The molecule has 0 aromatic carbocycles. The Morgan fingerprint density at radius 1 is 1.31 bits per heavy atom. The molecule has 1 unspecified atom stereocenters. The SMILES string of the molecule is CCC/C=C1\CCCC1CCCC. The third-order valence-corrected chi connectivity index (χ3v) is 3.14. The molecule has 1 aliphatic carbocycles. The predicted molar refractivity (Wildman–Crippen MR) is 59.9 cm³/mol. The van der Waals surface area contributed by atoms with E-state index in [1.165, 1.54) is 51.4 Å². The molecule has 0 aromatic heterocycles. The molecule has 0 aromatic rings. The third kappa shape index (κ3) is 3.54. The van der Waals surface area contributed by atoms with Crippen molar-refractivity contribution < 1.29 is 0 Å². The topological polar surface area (TPSA) is 0 Å². The summed E-state index contributed by atoms with van der Waals surface area (Å²) in [5, 5.41) is 0. The van der Waals surface area contributed by atoms with Gasteiger partial charge in [0.15, 0.2) is 0 Å². The van der Waals surface area contributed by atoms with E-state index in [4.69, 9.17) is 0 Å². The standard InChI is InChI=1S/C13H24/c1-3-5-8-12-10-7-11-13(12)9-6-4-2/h8,13H,3-7,9-11H2,1-2H3/b12-8+. The van der Waals surface area contributed by atoms with Crippen LogP contribution in [-0.2, 0) is 0 Å². The van der Waals surface area contributed by atoms with E-state index in [2.05, 4.69) is 19.9 Å². The fourth-order valence-electron chi connectivity index (χ4n) is 2.32. The second-order valence-corrected chi connectivity index (χ2v) is 4.30. The summed E-state index contributed by atoms with van der Waals surface area (Å²) in [6.45, 7) is 4.57. The molecule has 0 heteroatoms. The van der Waals surface area contributed by atoms with Crippen molar-refractivity contribution in [1.29, 1.82) is 0 Å². The first-order valence-electron chi connectivity index (χ1n) is 6.07. The summed E-state index contributed by atoms with van der Waals surface area (Å²) in [5.74, 6) is 0.964. The van der Waals surface area contributed by atoms with Crippen LogP contribution in [0, 0.1) is 5.92 Å². The number of unbranched alkanes of at least 4 members (excludes halogenated alkanes) is 2. The molecule has 1 saturated carbocycles. The molecule has 1 rings (SSSR count). The third-order valence-electron chi connectivity index (χ3n) is 3.14. The van der Waals surface area contributed by atoms with E-state index in [1.807, 2.05) is 0 Å². The number of rotatable bonds is 5. The molecule has 0 aliphatic heterocycles. The van der Waals surface area contributed by atoms with Crippen LogP contribution in [-0.4, -0.2) is 0 Å². The van der Waals surface area contributed by atoms with Crippen LogP contribution >= 0.6 is 0 Å². The van der Waals surface area contributed by atoms with Crippen LogP contribution in [0.2, 0.25) is 0 Å². The predicted octanol–water partition coefficient (Wildman–Crippen LogP) is 4.70. The van der Waals surface area contributed by atoms with Gasteiger partial charge in [-0.05, 0) is 38.0 Å². The van der Waals surface area contributed by atoms with Crippen LogP contribution in [0.25, 0.3) is 0 Å². The molecule has 0 heterocycles. The highest BCUT2D eigenvalue weighted by atomic mass is 14.2. The number of allylic oxidation sites excluding steroid dienone is 2. The highest BCUT2D eigenvalue weighted by molar-refractivity contribution is 5.10. The van der Waals surface area contributed by atoms with Crippen molar-refractivity contribution in [2.45, 2.75) is 65.2 Å². The van der Waals surface area contributed by atoms with Gasteiger partial charge in [0.1, 0.15) is 0 Å². The monoisotopic (exact) mass is 180 g/mol. The van der Waals surface area contributed by atoms with Gasteiger partial charge in [-0.25, -0.2) is 0 Å². The maximum atomic E-state index is 2.52. The average Bonchev–Trinajstić information content (AvgIpc) is 2.59. The summed E-state index contributed by atoms with van der Waals surface area (Å²) in [5.41, 5.74) is 1.79. The van der Waals surface area contributed by atoms with Gasteiger partial charge >= 0.3 is 0 Å². The van der Waals surface area contributed by atoms with Gasteiger partial charge in [0, 0.05) is 0 Å². The van der Waals surface area contributed by atoms with E-state index < -0.39 is 0 Å². The lowest BCUT2D eigenvalue weighted by Gasteiger charge is -2.10. The molecule has 0 radical (unpaired) electrons. The minimum absolute atomic E-state index is 0.964. The molecule has 1 aliphatic rings. The van der Waals surface area contributed by atoms with E-state index in [-0.39, 0.29) is 0 Å². The van der Waals surface area contributed by atoms with E-state index in [1.54, 1.807) is 5.57 Å². The highest BCUT2D eigenvalue weighted by Crippen LogP contribution is 2.34. The first kappa shape index (κ1) is 10.8. The Kier molecular flexibility index (Phi) is 5.19. The van der Waals surface area contributed by atoms with E-state index in [0.29, 0.717) is 0 Å². The quantitative estimate of drug-likeness (QED) is 0.538. The molecule has 1 atom stereocenters. The van der Waals surface area contributed by atoms with Crippen molar-refractivity contribution >= 4 is 0 Å². The van der Waals surface area contributed by atoms with Gasteiger partial charge in [-0.15, -0.1) is 0 Å². The smallest absolute Gasteiger partial charge is 0.0203 e. The van der Waals surface area contributed by atoms with Crippen LogP contribution in [0.3, 0.4) is 0 Å². The molecular formula is C13H24. The van der Waals surface area contributed by atoms with Crippen molar-refractivity contribution in [3.8, 4) is 0 Å². The Morgan fingerprint density at radius 3 is 2.85 bits per heavy atom. The second-order valence-electron chi connectivity index (χ2n) is 4.30. The minimum atomic E-state index is 0.964. The van der Waals surface area contributed by atoms with Crippen LogP contribution < -0.4 is 0 Å². The van der Waals surface area contributed by atoms with Gasteiger partial charge in [0.25, 0.3) is 0 Å². The highest BCUT2D eigenvalue weighted by Gasteiger charge is 2.19. The summed E-state index contributed by atoms with van der Waals surface area (Å²) in [7, 11) is 0. The molecule has 0 bridgehead atoms. The molecule has 0 spiro atoms. The number of hydrogen-bond acceptors (Lipinski definition) is 0. The maximum Gasteiger partial charge on any atom is -0.0203 e. The molecule has 0 N–H and O–H groups in total. The molecule has 76 valence electrons. The average molecular weight is 180 g/mol. The van der Waals surface area contributed by atoms with Crippen molar-refractivity contribution in [3.05, 3.63) is 11.6 Å². The van der Waals surface area contributed by atoms with Gasteiger partial charge in [-0.3, -0.25) is 0 Å². The molecule has 1 fully saturated rings. The lowest BCUT2D eigenvalue weighted by molar-refractivity contribution is 0.538. The van der Waals surface area contributed by atoms with E-state index in [9.17, 15) is 0 Å². The van der Waals surface area contributed by atoms with Gasteiger partial charge in [-0.1, -0.05) is 44.8 Å². The summed E-state index contributed by atoms with van der Waals surface area (Å²) in [6.07, 6.45) is 13.7. The zero-order valence-electron chi connectivity index (χ0n) is 9.31. The summed E-state index contributed by atoms with van der Waals surface area (Å²) in [6, 6.07) is 0. The Morgan fingerprint density at radius 2 is 2.15 bits per heavy atom. The van der Waals surface area contributed by atoms with Crippen molar-refractivity contribution in [3.63, 3.8) is 0 Å². The molecule has 13 heavy (non-hydrogen) atoms. The van der Waals surface area contributed by atoms with Crippen molar-refractivity contribution in [2.75, 3.05) is 0 Å². The fraction of sp³-hybridized carbons (Fsp3) is 0.846. The summed E-state index contributed by atoms with van der Waals surface area (Å²) < 4.78 is 0.